The molecule has 0 radical (unpaired) electrons. The fourth-order valence-electron chi connectivity index (χ4n) is 8.71. The first-order valence-corrected chi connectivity index (χ1v) is 24.2. The standard InChI is InChI=1S/C56H56Cl2N4O10/c1-33-35(29-71-53-25-51(69-31-37-9-5-13-47-43(37)15-19-59-47)39(23-45(53)57)27-61-49(17-21-63)55(65)66)7-3-11-41(33)42-12-4-8-36(34(42)2)30-72-54-26-52(70-32-38-10-6-14-48-44(38)16-20-60-48)40(24-46(54)58)28-62-50(18-22-64)56(67)68/h3-16,19-20,23-26,49-50,59-64H,17-18,21-22,27-32H2,1-2H3,(H,65,66)(H,67,68). The molecule has 0 aliphatic carbocycles. The number of aliphatic hydroxyl groups excluding tert-OH is 2. The average Bonchev–Trinajstić information content (AvgIpc) is 4.07. The number of rotatable bonds is 25. The Kier molecular flexibility index (Phi) is 17.0. The summed E-state index contributed by atoms with van der Waals surface area (Å²) in [7, 11) is 0. The Bertz CT molecular complexity index is 2980. The number of benzene rings is 6. The van der Waals surface area contributed by atoms with E-state index >= 15 is 0 Å². The third-order valence-corrected chi connectivity index (χ3v) is 13.4. The number of halogens is 2. The summed E-state index contributed by atoms with van der Waals surface area (Å²) in [6, 6.07) is 32.9. The molecular weight excluding hydrogens is 960 g/mol. The quantitative estimate of drug-likeness (QED) is 0.0269. The lowest BCUT2D eigenvalue weighted by molar-refractivity contribution is -0.140. The molecule has 0 bridgehead atoms. The van der Waals surface area contributed by atoms with Crippen molar-refractivity contribution in [1.29, 1.82) is 0 Å². The highest BCUT2D eigenvalue weighted by molar-refractivity contribution is 6.32. The summed E-state index contributed by atoms with van der Waals surface area (Å²) in [5.41, 5.74) is 11.0. The second kappa shape index (κ2) is 23.9. The van der Waals surface area contributed by atoms with E-state index in [1.165, 1.54) is 0 Å². The minimum absolute atomic E-state index is 0.0343. The maximum Gasteiger partial charge on any atom is 0.320 e. The normalized spacial score (nSPS) is 12.2. The minimum Gasteiger partial charge on any atom is -0.488 e. The van der Waals surface area contributed by atoms with E-state index in [-0.39, 0.29) is 65.6 Å². The highest BCUT2D eigenvalue weighted by Gasteiger charge is 2.22. The van der Waals surface area contributed by atoms with E-state index in [0.717, 1.165) is 66.3 Å². The van der Waals surface area contributed by atoms with Crippen molar-refractivity contribution in [3.63, 3.8) is 0 Å². The molecule has 374 valence electrons. The molecule has 8 rings (SSSR count). The first-order valence-electron chi connectivity index (χ1n) is 23.5. The molecule has 8 aromatic rings. The molecule has 72 heavy (non-hydrogen) atoms. The Labute approximate surface area is 426 Å². The maximum absolute atomic E-state index is 11.9. The molecule has 0 amide bonds. The number of nitrogens with one attached hydrogen (secondary N) is 4. The number of carboxylic acids is 2. The Hall–Kier alpha value is -7.04. The molecule has 0 aliphatic heterocycles. The Morgan fingerprint density at radius 2 is 0.889 bits per heavy atom. The van der Waals surface area contributed by atoms with Crippen LogP contribution in [0.3, 0.4) is 0 Å². The molecule has 0 fully saturated rings. The molecule has 0 saturated carbocycles. The highest BCUT2D eigenvalue weighted by Crippen LogP contribution is 2.38. The number of H-pyrrole nitrogens is 2. The van der Waals surface area contributed by atoms with Gasteiger partial charge in [-0.3, -0.25) is 9.59 Å². The van der Waals surface area contributed by atoms with E-state index in [4.69, 9.17) is 42.1 Å². The summed E-state index contributed by atoms with van der Waals surface area (Å²) in [6.07, 6.45) is 3.81. The summed E-state index contributed by atoms with van der Waals surface area (Å²) in [5.74, 6) is -0.434. The van der Waals surface area contributed by atoms with Crippen molar-refractivity contribution in [3.8, 4) is 34.1 Å². The number of hydrogen-bond donors (Lipinski definition) is 8. The smallest absolute Gasteiger partial charge is 0.320 e. The van der Waals surface area contributed by atoms with Gasteiger partial charge in [0.1, 0.15) is 61.5 Å². The van der Waals surface area contributed by atoms with Crippen molar-refractivity contribution in [2.45, 2.75) is 78.3 Å². The molecule has 2 aromatic heterocycles. The average molecular weight is 1020 g/mol. The SMILES string of the molecule is Cc1c(COc2cc(OCc3cccc4[nH]ccc34)c(CNC(CCO)C(=O)O)cc2Cl)cccc1-c1cccc(COc2cc(OCc3cccc4[nH]ccc34)c(CNC(CCO)C(=O)O)cc2Cl)c1C. The molecule has 2 heterocycles. The lowest BCUT2D eigenvalue weighted by Crippen LogP contribution is -2.37. The van der Waals surface area contributed by atoms with Crippen LogP contribution in [0.1, 0.15) is 57.3 Å². The van der Waals surface area contributed by atoms with Crippen LogP contribution in [0.2, 0.25) is 10.0 Å². The summed E-state index contributed by atoms with van der Waals surface area (Å²) >= 11 is 13.7. The van der Waals surface area contributed by atoms with Gasteiger partial charge in [-0.2, -0.15) is 0 Å². The molecule has 2 unspecified atom stereocenters. The van der Waals surface area contributed by atoms with Crippen molar-refractivity contribution in [3.05, 3.63) is 176 Å². The van der Waals surface area contributed by atoms with Crippen molar-refractivity contribution in [2.75, 3.05) is 13.2 Å². The van der Waals surface area contributed by atoms with Crippen molar-refractivity contribution in [1.82, 2.24) is 20.6 Å². The molecule has 0 spiro atoms. The first-order chi connectivity index (χ1) is 34.9. The molecular formula is C56H56Cl2N4O10. The number of aromatic amines is 2. The van der Waals surface area contributed by atoms with E-state index in [9.17, 15) is 30.0 Å². The van der Waals surface area contributed by atoms with Crippen molar-refractivity contribution < 1.29 is 49.0 Å². The highest BCUT2D eigenvalue weighted by atomic mass is 35.5. The Balaban J connectivity index is 0.999. The fourth-order valence-corrected chi connectivity index (χ4v) is 9.19. The maximum atomic E-state index is 11.9. The lowest BCUT2D eigenvalue weighted by atomic mass is 9.92. The molecule has 8 N–H and O–H groups in total. The van der Waals surface area contributed by atoms with Gasteiger partial charge in [0.25, 0.3) is 0 Å². The van der Waals surface area contributed by atoms with Gasteiger partial charge in [-0.05, 0) is 108 Å². The molecule has 6 aromatic carbocycles. The topological polar surface area (TPSA) is 208 Å². The summed E-state index contributed by atoms with van der Waals surface area (Å²) in [4.78, 5) is 30.2. The van der Waals surface area contributed by atoms with Crippen molar-refractivity contribution in [2.24, 2.45) is 0 Å². The van der Waals surface area contributed by atoms with Gasteiger partial charge < -0.3 is 60.0 Å². The predicted octanol–water partition coefficient (Wildman–Crippen LogP) is 10.4. The summed E-state index contributed by atoms with van der Waals surface area (Å²) in [6.45, 7) is 4.59. The number of carboxylic acid groups (broad SMARTS) is 2. The molecule has 14 nitrogen and oxygen atoms in total. The van der Waals surface area contributed by atoms with Gasteiger partial charge in [-0.25, -0.2) is 0 Å². The Morgan fingerprint density at radius 3 is 1.29 bits per heavy atom. The third kappa shape index (κ3) is 12.2. The van der Waals surface area contributed by atoms with E-state index < -0.39 is 24.0 Å². The third-order valence-electron chi connectivity index (χ3n) is 12.8. The van der Waals surface area contributed by atoms with Crippen LogP contribution in [0.15, 0.2) is 122 Å². The van der Waals surface area contributed by atoms with Gasteiger partial charge in [0.2, 0.25) is 0 Å². The number of carbonyl (C=O) groups is 2. The summed E-state index contributed by atoms with van der Waals surface area (Å²) in [5, 5.41) is 47.1. The van der Waals surface area contributed by atoms with Crippen LogP contribution in [-0.2, 0) is 49.1 Å². The zero-order chi connectivity index (χ0) is 50.7. The van der Waals surface area contributed by atoms with Crippen LogP contribution in [-0.4, -0.2) is 67.6 Å². The zero-order valence-corrected chi connectivity index (χ0v) is 41.3. The minimum atomic E-state index is -1.07. The van der Waals surface area contributed by atoms with Crippen LogP contribution < -0.4 is 29.6 Å². The van der Waals surface area contributed by atoms with Crippen LogP contribution in [0.25, 0.3) is 32.9 Å². The number of hydrogen-bond acceptors (Lipinski definition) is 10. The van der Waals surface area contributed by atoms with Crippen LogP contribution in [0.4, 0.5) is 0 Å². The number of aliphatic hydroxyl groups is 2. The Morgan fingerprint density at radius 1 is 0.514 bits per heavy atom. The first kappa shape index (κ1) is 51.3. The molecule has 0 aliphatic rings. The van der Waals surface area contributed by atoms with Crippen LogP contribution >= 0.6 is 23.2 Å². The van der Waals surface area contributed by atoms with Gasteiger partial charge in [0.05, 0.1) is 10.0 Å². The van der Waals surface area contributed by atoms with E-state index in [1.807, 2.05) is 99.0 Å². The second-order valence-corrected chi connectivity index (χ2v) is 18.2. The van der Waals surface area contributed by atoms with Gasteiger partial charge in [0, 0.05) is 83.8 Å². The predicted molar refractivity (Wildman–Crippen MR) is 278 cm³/mol. The van der Waals surface area contributed by atoms with E-state index in [2.05, 4.69) is 32.7 Å². The molecule has 2 atom stereocenters. The number of ether oxygens (including phenoxy) is 4. The molecule has 0 saturated heterocycles. The largest absolute Gasteiger partial charge is 0.488 e. The second-order valence-electron chi connectivity index (χ2n) is 17.4. The zero-order valence-electron chi connectivity index (χ0n) is 39.8. The number of aromatic nitrogens is 2. The summed E-state index contributed by atoms with van der Waals surface area (Å²) < 4.78 is 25.7. The molecule has 16 heteroatoms. The van der Waals surface area contributed by atoms with Gasteiger partial charge >= 0.3 is 11.9 Å². The number of fused-ring (bicyclic) bond motifs is 2. The van der Waals surface area contributed by atoms with Gasteiger partial charge in [-0.1, -0.05) is 83.9 Å². The van der Waals surface area contributed by atoms with E-state index in [0.29, 0.717) is 44.2 Å². The van der Waals surface area contributed by atoms with Crippen LogP contribution in [0.5, 0.6) is 23.0 Å². The van der Waals surface area contributed by atoms with Gasteiger partial charge in [-0.15, -0.1) is 0 Å². The lowest BCUT2D eigenvalue weighted by Gasteiger charge is -2.20. The van der Waals surface area contributed by atoms with Crippen LogP contribution in [0, 0.1) is 13.8 Å². The number of aliphatic carboxylic acids is 2. The van der Waals surface area contributed by atoms with Gasteiger partial charge in [0.15, 0.2) is 0 Å². The van der Waals surface area contributed by atoms with Crippen molar-refractivity contribution >= 4 is 56.9 Å². The van der Waals surface area contributed by atoms with E-state index in [1.54, 1.807) is 24.3 Å². The fraction of sp³-hybridized carbons (Fsp3) is 0.250. The monoisotopic (exact) mass is 1010 g/mol.